The largest absolute Gasteiger partial charge is 0.481 e. The third-order valence-corrected chi connectivity index (χ3v) is 6.08. The summed E-state index contributed by atoms with van der Waals surface area (Å²) in [5.41, 5.74) is 4.55. The summed E-state index contributed by atoms with van der Waals surface area (Å²) in [6, 6.07) is 15.2. The van der Waals surface area contributed by atoms with E-state index in [1.54, 1.807) is 0 Å². The molecule has 0 radical (unpaired) electrons. The predicted molar refractivity (Wildman–Crippen MR) is 126 cm³/mol. The van der Waals surface area contributed by atoms with Crippen molar-refractivity contribution in [1.82, 2.24) is 10.6 Å². The molecule has 2 atom stereocenters. The van der Waals surface area contributed by atoms with Gasteiger partial charge in [0.2, 0.25) is 5.91 Å². The third-order valence-electron chi connectivity index (χ3n) is 6.08. The van der Waals surface area contributed by atoms with Crippen LogP contribution in [0.2, 0.25) is 0 Å². The van der Waals surface area contributed by atoms with Crippen molar-refractivity contribution >= 4 is 18.0 Å². The Hall–Kier alpha value is -3.35. The lowest BCUT2D eigenvalue weighted by atomic mass is 9.98. The Morgan fingerprint density at radius 2 is 1.55 bits per heavy atom. The van der Waals surface area contributed by atoms with Gasteiger partial charge in [-0.1, -0.05) is 68.8 Å². The number of hydrogen-bond donors (Lipinski definition) is 3. The molecule has 0 saturated heterocycles. The predicted octanol–water partition coefficient (Wildman–Crippen LogP) is 4.45. The summed E-state index contributed by atoms with van der Waals surface area (Å²) in [6.45, 7) is 4.00. The standard InChI is InChI=1S/C26H32N2O5/c1-3-9-23(25(31)27-17(4-2)14-15-24(29)30)28-26(32)33-16-22-20-12-7-5-10-18(20)19-11-6-8-13-21(19)22/h5-8,10-13,17,22-23H,3-4,9,14-16H2,1-2H3,(H,27,31)(H,28,32)(H,29,30). The van der Waals surface area contributed by atoms with Crippen LogP contribution in [-0.2, 0) is 14.3 Å². The summed E-state index contributed by atoms with van der Waals surface area (Å²) < 4.78 is 5.57. The van der Waals surface area contributed by atoms with Crippen LogP contribution in [0.5, 0.6) is 0 Å². The number of carboxylic acid groups (broad SMARTS) is 1. The van der Waals surface area contributed by atoms with Crippen molar-refractivity contribution in [2.24, 2.45) is 0 Å². The van der Waals surface area contributed by atoms with E-state index in [9.17, 15) is 14.4 Å². The van der Waals surface area contributed by atoms with Gasteiger partial charge >= 0.3 is 12.1 Å². The number of alkyl carbamates (subject to hydrolysis) is 1. The van der Waals surface area contributed by atoms with E-state index in [0.29, 0.717) is 25.7 Å². The maximum atomic E-state index is 12.7. The number of ether oxygens (including phenoxy) is 1. The number of carbonyl (C=O) groups excluding carboxylic acids is 2. The van der Waals surface area contributed by atoms with E-state index in [1.165, 1.54) is 0 Å². The van der Waals surface area contributed by atoms with Crippen LogP contribution >= 0.6 is 0 Å². The van der Waals surface area contributed by atoms with E-state index < -0.39 is 18.1 Å². The Morgan fingerprint density at radius 1 is 0.939 bits per heavy atom. The van der Waals surface area contributed by atoms with Crippen molar-refractivity contribution in [3.63, 3.8) is 0 Å². The minimum atomic E-state index is -0.899. The smallest absolute Gasteiger partial charge is 0.407 e. The monoisotopic (exact) mass is 452 g/mol. The van der Waals surface area contributed by atoms with Gasteiger partial charge in [0, 0.05) is 18.4 Å². The van der Waals surface area contributed by atoms with Gasteiger partial charge in [-0.05, 0) is 41.5 Å². The average Bonchev–Trinajstić information content (AvgIpc) is 3.13. The zero-order valence-electron chi connectivity index (χ0n) is 19.2. The van der Waals surface area contributed by atoms with E-state index in [1.807, 2.05) is 38.1 Å². The highest BCUT2D eigenvalue weighted by Gasteiger charge is 2.30. The summed E-state index contributed by atoms with van der Waals surface area (Å²) in [4.78, 5) is 36.2. The molecule has 0 spiro atoms. The number of rotatable bonds is 11. The molecule has 0 fully saturated rings. The van der Waals surface area contributed by atoms with Gasteiger partial charge in [0.05, 0.1) is 0 Å². The molecule has 0 heterocycles. The number of carbonyl (C=O) groups is 3. The van der Waals surface area contributed by atoms with Crippen molar-refractivity contribution in [2.45, 2.75) is 64.0 Å². The van der Waals surface area contributed by atoms with Crippen molar-refractivity contribution < 1.29 is 24.2 Å². The van der Waals surface area contributed by atoms with Gasteiger partial charge in [-0.3, -0.25) is 9.59 Å². The fraction of sp³-hybridized carbons (Fsp3) is 0.423. The van der Waals surface area contributed by atoms with Crippen molar-refractivity contribution in [1.29, 1.82) is 0 Å². The number of benzene rings is 2. The van der Waals surface area contributed by atoms with Gasteiger partial charge in [0.25, 0.3) is 0 Å². The molecular weight excluding hydrogens is 420 g/mol. The normalized spacial score (nSPS) is 14.0. The maximum Gasteiger partial charge on any atom is 0.407 e. The van der Waals surface area contributed by atoms with Crippen LogP contribution in [0.1, 0.15) is 63.0 Å². The summed E-state index contributed by atoms with van der Waals surface area (Å²) in [5.74, 6) is -1.27. The highest BCUT2D eigenvalue weighted by molar-refractivity contribution is 5.86. The van der Waals surface area contributed by atoms with Gasteiger partial charge < -0.3 is 20.5 Å². The molecule has 0 saturated carbocycles. The first-order chi connectivity index (χ1) is 15.9. The molecule has 33 heavy (non-hydrogen) atoms. The van der Waals surface area contributed by atoms with Crippen LogP contribution in [0.3, 0.4) is 0 Å². The quantitative estimate of drug-likeness (QED) is 0.467. The zero-order chi connectivity index (χ0) is 23.8. The number of fused-ring (bicyclic) bond motifs is 3. The molecule has 7 heteroatoms. The molecule has 7 nitrogen and oxygen atoms in total. The number of hydrogen-bond acceptors (Lipinski definition) is 4. The molecule has 3 N–H and O–H groups in total. The minimum absolute atomic E-state index is 0.0168. The molecule has 1 aliphatic carbocycles. The van der Waals surface area contributed by atoms with Gasteiger partial charge in [0.15, 0.2) is 0 Å². The number of nitrogens with one attached hydrogen (secondary N) is 2. The molecular formula is C26H32N2O5. The lowest BCUT2D eigenvalue weighted by Gasteiger charge is -2.22. The second-order valence-electron chi connectivity index (χ2n) is 8.36. The van der Waals surface area contributed by atoms with E-state index >= 15 is 0 Å². The fourth-order valence-corrected chi connectivity index (χ4v) is 4.32. The zero-order valence-corrected chi connectivity index (χ0v) is 19.2. The Balaban J connectivity index is 1.60. The molecule has 2 amide bonds. The maximum absolute atomic E-state index is 12.7. The van der Waals surface area contributed by atoms with Crippen LogP contribution in [0.4, 0.5) is 4.79 Å². The summed E-state index contributed by atoms with van der Waals surface area (Å²) in [6.07, 6.45) is 1.48. The van der Waals surface area contributed by atoms with Gasteiger partial charge in [-0.25, -0.2) is 4.79 Å². The summed E-state index contributed by atoms with van der Waals surface area (Å²) in [7, 11) is 0. The first-order valence-corrected chi connectivity index (χ1v) is 11.6. The lowest BCUT2D eigenvalue weighted by Crippen LogP contribution is -2.49. The first-order valence-electron chi connectivity index (χ1n) is 11.6. The van der Waals surface area contributed by atoms with Crippen molar-refractivity contribution in [3.05, 3.63) is 59.7 Å². The summed E-state index contributed by atoms with van der Waals surface area (Å²) in [5, 5.41) is 14.4. The highest BCUT2D eigenvalue weighted by Crippen LogP contribution is 2.44. The van der Waals surface area contributed by atoms with Crippen molar-refractivity contribution in [2.75, 3.05) is 6.61 Å². The molecule has 0 aliphatic heterocycles. The van der Waals surface area contributed by atoms with Crippen LogP contribution in [-0.4, -0.2) is 41.8 Å². The van der Waals surface area contributed by atoms with Crippen LogP contribution in [0.15, 0.2) is 48.5 Å². The molecule has 1 aliphatic rings. The van der Waals surface area contributed by atoms with E-state index in [4.69, 9.17) is 9.84 Å². The van der Waals surface area contributed by atoms with Gasteiger partial charge in [-0.2, -0.15) is 0 Å². The molecule has 176 valence electrons. The number of amides is 2. The third kappa shape index (κ3) is 6.12. The Bertz CT molecular complexity index is 945. The molecule has 0 bridgehead atoms. The molecule has 2 unspecified atom stereocenters. The second kappa shape index (κ2) is 11.5. The molecule has 2 aromatic rings. The first kappa shape index (κ1) is 24.3. The topological polar surface area (TPSA) is 105 Å². The highest BCUT2D eigenvalue weighted by atomic mass is 16.5. The van der Waals surface area contributed by atoms with Crippen LogP contribution < -0.4 is 10.6 Å². The van der Waals surface area contributed by atoms with Crippen LogP contribution in [0.25, 0.3) is 11.1 Å². The lowest BCUT2D eigenvalue weighted by molar-refractivity contribution is -0.137. The van der Waals surface area contributed by atoms with E-state index in [-0.39, 0.29) is 30.9 Å². The SMILES string of the molecule is CCCC(NC(=O)OCC1c2ccccc2-c2ccccc21)C(=O)NC(CC)CCC(=O)O. The van der Waals surface area contributed by atoms with Gasteiger partial charge in [-0.15, -0.1) is 0 Å². The Kier molecular flexibility index (Phi) is 8.46. The minimum Gasteiger partial charge on any atom is -0.481 e. The van der Waals surface area contributed by atoms with Crippen molar-refractivity contribution in [3.8, 4) is 11.1 Å². The number of aliphatic carboxylic acids is 1. The fourth-order valence-electron chi connectivity index (χ4n) is 4.32. The number of carboxylic acids is 1. The summed E-state index contributed by atoms with van der Waals surface area (Å²) >= 11 is 0. The molecule has 0 aromatic heterocycles. The van der Waals surface area contributed by atoms with Crippen LogP contribution in [0, 0.1) is 0 Å². The molecule has 2 aromatic carbocycles. The second-order valence-corrected chi connectivity index (χ2v) is 8.36. The average molecular weight is 453 g/mol. The molecule has 3 rings (SSSR count). The Morgan fingerprint density at radius 3 is 2.09 bits per heavy atom. The van der Waals surface area contributed by atoms with E-state index in [0.717, 1.165) is 22.3 Å². The van der Waals surface area contributed by atoms with Gasteiger partial charge in [0.1, 0.15) is 12.6 Å². The Labute approximate surface area is 194 Å². The van der Waals surface area contributed by atoms with E-state index in [2.05, 4.69) is 34.9 Å².